The molecule has 0 saturated heterocycles. The summed E-state index contributed by atoms with van der Waals surface area (Å²) in [4.78, 5) is 35.4. The maximum Gasteiger partial charge on any atom is 0.220 e. The van der Waals surface area contributed by atoms with E-state index in [1.807, 2.05) is 0 Å². The lowest BCUT2D eigenvalue weighted by Gasteiger charge is -2.34. The largest absolute Gasteiger partial charge is 0.396 e. The van der Waals surface area contributed by atoms with Crippen molar-refractivity contribution in [3.05, 3.63) is 0 Å². The van der Waals surface area contributed by atoms with Gasteiger partial charge in [0.1, 0.15) is 11.8 Å². The second kappa shape index (κ2) is 33.7. The molecule has 1 unspecified atom stereocenters. The lowest BCUT2D eigenvalue weighted by molar-refractivity contribution is -0.128. The van der Waals surface area contributed by atoms with Crippen LogP contribution in [0.25, 0.3) is 0 Å². The Morgan fingerprint density at radius 2 is 1.18 bits per heavy atom. The maximum absolute atomic E-state index is 13.0. The highest BCUT2D eigenvalue weighted by atomic mass is 16.5. The Bertz CT molecular complexity index is 690. The molecule has 8 N–H and O–H groups in total. The molecule has 12 heteroatoms. The number of unbranched alkanes of at least 4 members (excludes halogenated alkanes) is 9. The standard InChI is InChI=1S/C33H67N5O7/c34-18-8-1-3-12-25-43-28-33(38-32(42)17-6-5-10-23-39,30-45-27-15-21-36-20-14-19-35)29-44-26-13-4-2-9-22-37-31(41)16-7-11-24-40/h23,36,40H,1-22,24-30,34-35H2,(H,37,41)(H,38,42). The smallest absolute Gasteiger partial charge is 0.220 e. The predicted molar refractivity (Wildman–Crippen MR) is 179 cm³/mol. The van der Waals surface area contributed by atoms with Crippen LogP contribution in [0.4, 0.5) is 0 Å². The Morgan fingerprint density at radius 3 is 1.80 bits per heavy atom. The molecule has 0 saturated carbocycles. The van der Waals surface area contributed by atoms with Gasteiger partial charge in [0.05, 0.1) is 19.8 Å². The molecule has 0 fully saturated rings. The van der Waals surface area contributed by atoms with Gasteiger partial charge in [-0.2, -0.15) is 0 Å². The van der Waals surface area contributed by atoms with Gasteiger partial charge < -0.3 is 51.5 Å². The average molecular weight is 646 g/mol. The number of nitrogens with two attached hydrogens (primary N) is 2. The van der Waals surface area contributed by atoms with Gasteiger partial charge in [0.15, 0.2) is 0 Å². The van der Waals surface area contributed by atoms with Crippen molar-refractivity contribution in [1.82, 2.24) is 16.0 Å². The zero-order valence-corrected chi connectivity index (χ0v) is 28.1. The highest BCUT2D eigenvalue weighted by Crippen LogP contribution is 2.13. The van der Waals surface area contributed by atoms with E-state index in [2.05, 4.69) is 16.0 Å². The van der Waals surface area contributed by atoms with E-state index in [4.69, 9.17) is 30.8 Å². The number of rotatable bonds is 36. The molecule has 0 spiro atoms. The third kappa shape index (κ3) is 29.5. The highest BCUT2D eigenvalue weighted by molar-refractivity contribution is 5.77. The number of ether oxygens (including phenoxy) is 3. The van der Waals surface area contributed by atoms with Crippen molar-refractivity contribution in [3.63, 3.8) is 0 Å². The van der Waals surface area contributed by atoms with Crippen LogP contribution in [0.3, 0.4) is 0 Å². The number of amides is 2. The lowest BCUT2D eigenvalue weighted by atomic mass is 10.0. The molecule has 0 aromatic carbocycles. The van der Waals surface area contributed by atoms with Crippen LogP contribution < -0.4 is 27.4 Å². The monoisotopic (exact) mass is 646 g/mol. The summed E-state index contributed by atoms with van der Waals surface area (Å²) in [6.07, 6.45) is 14.4. The Kier molecular flexibility index (Phi) is 32.4. The first-order chi connectivity index (χ1) is 22.0. The fourth-order valence-electron chi connectivity index (χ4n) is 4.66. The average Bonchev–Trinajstić information content (AvgIpc) is 3.03. The van der Waals surface area contributed by atoms with Crippen molar-refractivity contribution in [2.45, 2.75) is 115 Å². The van der Waals surface area contributed by atoms with Crippen molar-refractivity contribution in [2.75, 3.05) is 79.0 Å². The fourth-order valence-corrected chi connectivity index (χ4v) is 4.66. The van der Waals surface area contributed by atoms with Crippen molar-refractivity contribution in [2.24, 2.45) is 11.5 Å². The molecule has 0 rings (SSSR count). The lowest BCUT2D eigenvalue weighted by Crippen LogP contribution is -2.58. The first-order valence-corrected chi connectivity index (χ1v) is 17.5. The number of aldehydes is 1. The Morgan fingerprint density at radius 1 is 0.622 bits per heavy atom. The molecule has 45 heavy (non-hydrogen) atoms. The Balaban J connectivity index is 4.89. The van der Waals surface area contributed by atoms with Crippen LogP contribution in [0, 0.1) is 0 Å². The van der Waals surface area contributed by atoms with Crippen LogP contribution >= 0.6 is 0 Å². The molecule has 0 radical (unpaired) electrons. The van der Waals surface area contributed by atoms with Crippen molar-refractivity contribution < 1.29 is 33.7 Å². The molecule has 1 atom stereocenters. The number of carbonyl (C=O) groups excluding carboxylic acids is 3. The number of nitrogens with one attached hydrogen (secondary N) is 3. The normalized spacial score (nSPS) is 12.6. The van der Waals surface area contributed by atoms with Gasteiger partial charge in [0.25, 0.3) is 0 Å². The van der Waals surface area contributed by atoms with Crippen LogP contribution in [0.5, 0.6) is 0 Å². The van der Waals surface area contributed by atoms with E-state index < -0.39 is 5.54 Å². The van der Waals surface area contributed by atoms with E-state index in [0.29, 0.717) is 84.4 Å². The van der Waals surface area contributed by atoms with E-state index in [0.717, 1.165) is 83.6 Å². The van der Waals surface area contributed by atoms with E-state index >= 15 is 0 Å². The third-order valence-corrected chi connectivity index (χ3v) is 7.31. The molecule has 0 aromatic rings. The first kappa shape index (κ1) is 43.3. The van der Waals surface area contributed by atoms with Gasteiger partial charge in [-0.15, -0.1) is 0 Å². The number of hydrogen-bond acceptors (Lipinski definition) is 10. The summed E-state index contributed by atoms with van der Waals surface area (Å²) in [7, 11) is 0. The molecular formula is C33H67N5O7. The highest BCUT2D eigenvalue weighted by Gasteiger charge is 2.33. The molecular weight excluding hydrogens is 578 g/mol. The summed E-state index contributed by atoms with van der Waals surface area (Å²) in [5, 5.41) is 18.3. The zero-order chi connectivity index (χ0) is 33.1. The van der Waals surface area contributed by atoms with Crippen LogP contribution in [0.15, 0.2) is 0 Å². The van der Waals surface area contributed by atoms with E-state index in [1.54, 1.807) is 0 Å². The van der Waals surface area contributed by atoms with Gasteiger partial charge in [0, 0.05) is 52.2 Å². The second-order valence-electron chi connectivity index (χ2n) is 11.8. The Labute approximate surface area is 272 Å². The maximum atomic E-state index is 13.0. The number of aliphatic hydroxyl groups is 1. The predicted octanol–water partition coefficient (Wildman–Crippen LogP) is 2.34. The molecule has 2 amide bonds. The summed E-state index contributed by atoms with van der Waals surface area (Å²) in [6.45, 7) is 6.38. The molecule has 266 valence electrons. The third-order valence-electron chi connectivity index (χ3n) is 7.31. The zero-order valence-electron chi connectivity index (χ0n) is 28.1. The fraction of sp³-hybridized carbons (Fsp3) is 0.909. The summed E-state index contributed by atoms with van der Waals surface area (Å²) in [6, 6.07) is 0. The van der Waals surface area contributed by atoms with Crippen LogP contribution in [-0.2, 0) is 28.6 Å². The van der Waals surface area contributed by atoms with Gasteiger partial charge in [-0.25, -0.2) is 0 Å². The van der Waals surface area contributed by atoms with Gasteiger partial charge in [-0.05, 0) is 90.4 Å². The van der Waals surface area contributed by atoms with Crippen LogP contribution in [0.2, 0.25) is 0 Å². The van der Waals surface area contributed by atoms with E-state index in [-0.39, 0.29) is 38.2 Å². The first-order valence-electron chi connectivity index (χ1n) is 17.5. The molecule has 0 bridgehead atoms. The number of carbonyl (C=O) groups is 3. The minimum atomic E-state index is -0.813. The molecule has 0 aliphatic rings. The van der Waals surface area contributed by atoms with Crippen LogP contribution in [-0.4, -0.2) is 108 Å². The second-order valence-corrected chi connectivity index (χ2v) is 11.8. The molecule has 0 aliphatic heterocycles. The van der Waals surface area contributed by atoms with Gasteiger partial charge in [0.2, 0.25) is 11.8 Å². The van der Waals surface area contributed by atoms with Crippen molar-refractivity contribution >= 4 is 18.1 Å². The van der Waals surface area contributed by atoms with Crippen molar-refractivity contribution in [3.8, 4) is 0 Å². The minimum absolute atomic E-state index is 0.0387. The Hall–Kier alpha value is -1.67. The minimum Gasteiger partial charge on any atom is -0.396 e. The van der Waals surface area contributed by atoms with Crippen LogP contribution in [0.1, 0.15) is 109 Å². The van der Waals surface area contributed by atoms with Crippen molar-refractivity contribution in [1.29, 1.82) is 0 Å². The van der Waals surface area contributed by atoms with Gasteiger partial charge >= 0.3 is 0 Å². The molecule has 12 nitrogen and oxygen atoms in total. The SMILES string of the molecule is NCCCCCCOCC(COCCCCCCNC(=O)CCCCO)(COCCCNCCCN)NC(=O)CCCCC=O. The van der Waals surface area contributed by atoms with Gasteiger partial charge in [-0.3, -0.25) is 9.59 Å². The number of hydrogen-bond donors (Lipinski definition) is 6. The topological polar surface area (TPSA) is 187 Å². The molecule has 0 heterocycles. The number of aliphatic hydroxyl groups excluding tert-OH is 1. The molecule has 0 aromatic heterocycles. The van der Waals surface area contributed by atoms with E-state index in [1.165, 1.54) is 0 Å². The van der Waals surface area contributed by atoms with E-state index in [9.17, 15) is 14.4 Å². The van der Waals surface area contributed by atoms with Gasteiger partial charge in [-0.1, -0.05) is 25.7 Å². The summed E-state index contributed by atoms with van der Waals surface area (Å²) in [5.74, 6) is -0.0572. The summed E-state index contributed by atoms with van der Waals surface area (Å²) >= 11 is 0. The quantitative estimate of drug-likeness (QED) is 0.0436. The summed E-state index contributed by atoms with van der Waals surface area (Å²) < 4.78 is 18.3. The molecule has 0 aliphatic carbocycles. The summed E-state index contributed by atoms with van der Waals surface area (Å²) in [5.41, 5.74) is 10.3.